The van der Waals surface area contributed by atoms with Crippen molar-refractivity contribution < 1.29 is 18.7 Å². The molecule has 0 saturated carbocycles. The molecule has 1 aliphatic heterocycles. The number of nitrogens with zero attached hydrogens (tertiary/aromatic N) is 4. The third kappa shape index (κ3) is 3.84. The largest absolute Gasteiger partial charge is 0.379 e. The molecule has 6 nitrogen and oxygen atoms in total. The fourth-order valence-corrected chi connectivity index (χ4v) is 4.95. The Kier molecular flexibility index (Phi) is 6.08. The molecule has 2 atom stereocenters. The zero-order valence-electron chi connectivity index (χ0n) is 17.8. The van der Waals surface area contributed by atoms with Crippen molar-refractivity contribution >= 4 is 34.6 Å². The van der Waals surface area contributed by atoms with Crippen molar-refractivity contribution in [2.45, 2.75) is 44.8 Å². The number of benzene rings is 1. The lowest BCUT2D eigenvalue weighted by molar-refractivity contribution is -0.133. The third-order valence-corrected chi connectivity index (χ3v) is 6.97. The van der Waals surface area contributed by atoms with Gasteiger partial charge in [0.15, 0.2) is 0 Å². The minimum Gasteiger partial charge on any atom is -0.379 e. The first-order valence-electron chi connectivity index (χ1n) is 10.2. The van der Waals surface area contributed by atoms with Gasteiger partial charge in [-0.2, -0.15) is 10.4 Å². The molecule has 4 rings (SSSR count). The van der Waals surface area contributed by atoms with Crippen LogP contribution in [0.15, 0.2) is 30.6 Å². The molecule has 1 unspecified atom stereocenters. The molecule has 3 aromatic rings. The van der Waals surface area contributed by atoms with Crippen LogP contribution < -0.4 is 0 Å². The van der Waals surface area contributed by atoms with E-state index in [2.05, 4.69) is 5.10 Å². The average molecular weight is 493 g/mol. The molecule has 0 aliphatic carbocycles. The third-order valence-electron chi connectivity index (χ3n) is 6.26. The van der Waals surface area contributed by atoms with Gasteiger partial charge in [0.25, 0.3) is 6.43 Å². The Morgan fingerprint density at radius 2 is 2.15 bits per heavy atom. The van der Waals surface area contributed by atoms with E-state index in [0.717, 1.165) is 6.92 Å². The molecule has 0 fully saturated rings. The molecule has 33 heavy (non-hydrogen) atoms. The molecule has 0 bridgehead atoms. The molecule has 0 spiro atoms. The van der Waals surface area contributed by atoms with E-state index in [1.807, 2.05) is 13.0 Å². The lowest BCUT2D eigenvalue weighted by Crippen LogP contribution is -2.41. The standard InChI is InChI=1S/C23H20Cl2F2N4O2/c1-12-14-4-3-5-17(23(2,33)22(26)27)15(14)6-7-30(12)19(32)8-16-20(25)13(9-28)11-31-21(16)18(24)10-29-31/h3-5,10-12,22,33H,6-8H2,1-2H3/t12-,23?/m0/s1. The first kappa shape index (κ1) is 23.4. The number of aromatic nitrogens is 2. The summed E-state index contributed by atoms with van der Waals surface area (Å²) in [5.74, 6) is -0.254. The summed E-state index contributed by atoms with van der Waals surface area (Å²) in [6, 6.07) is 6.47. The van der Waals surface area contributed by atoms with Crippen LogP contribution in [0.1, 0.15) is 47.7 Å². The van der Waals surface area contributed by atoms with Crippen molar-refractivity contribution in [3.8, 4) is 6.07 Å². The zero-order valence-corrected chi connectivity index (χ0v) is 19.3. The quantitative estimate of drug-likeness (QED) is 0.573. The van der Waals surface area contributed by atoms with Gasteiger partial charge < -0.3 is 10.0 Å². The number of fused-ring (bicyclic) bond motifs is 2. The molecule has 0 saturated heterocycles. The number of aliphatic hydroxyl groups is 1. The second-order valence-electron chi connectivity index (χ2n) is 8.24. The highest BCUT2D eigenvalue weighted by atomic mass is 35.5. The lowest BCUT2D eigenvalue weighted by atomic mass is 9.83. The van der Waals surface area contributed by atoms with Gasteiger partial charge in [0.1, 0.15) is 11.7 Å². The van der Waals surface area contributed by atoms with Gasteiger partial charge in [0, 0.05) is 18.3 Å². The number of pyridine rings is 1. The highest BCUT2D eigenvalue weighted by Gasteiger charge is 2.39. The monoisotopic (exact) mass is 492 g/mol. The van der Waals surface area contributed by atoms with Crippen molar-refractivity contribution in [3.05, 3.63) is 68.5 Å². The van der Waals surface area contributed by atoms with E-state index in [-0.39, 0.29) is 35.0 Å². The second-order valence-corrected chi connectivity index (χ2v) is 9.03. The fourth-order valence-electron chi connectivity index (χ4n) is 4.46. The Labute approximate surface area is 198 Å². The van der Waals surface area contributed by atoms with E-state index < -0.39 is 18.1 Å². The molecule has 0 radical (unpaired) electrons. The Morgan fingerprint density at radius 1 is 1.42 bits per heavy atom. The van der Waals surface area contributed by atoms with Crippen LogP contribution in [0, 0.1) is 11.3 Å². The normalized spacial score (nSPS) is 17.7. The zero-order chi connectivity index (χ0) is 24.1. The van der Waals surface area contributed by atoms with E-state index in [1.165, 1.54) is 23.0 Å². The van der Waals surface area contributed by atoms with Gasteiger partial charge in [0.05, 0.1) is 39.8 Å². The predicted octanol–water partition coefficient (Wildman–Crippen LogP) is 4.67. The van der Waals surface area contributed by atoms with E-state index in [4.69, 9.17) is 23.2 Å². The summed E-state index contributed by atoms with van der Waals surface area (Å²) in [7, 11) is 0. The van der Waals surface area contributed by atoms with Crippen molar-refractivity contribution in [1.29, 1.82) is 5.26 Å². The van der Waals surface area contributed by atoms with Crippen molar-refractivity contribution in [2.75, 3.05) is 6.54 Å². The number of amides is 1. The van der Waals surface area contributed by atoms with Crippen LogP contribution in [-0.2, 0) is 23.2 Å². The SMILES string of the molecule is C[C@H]1c2cccc(C(C)(O)C(F)F)c2CCN1C(=O)Cc1c(Cl)c(C#N)cn2ncc(Cl)c12. The molecule has 1 aliphatic rings. The topological polar surface area (TPSA) is 81.6 Å². The van der Waals surface area contributed by atoms with E-state index in [0.29, 0.717) is 33.7 Å². The summed E-state index contributed by atoms with van der Waals surface area (Å²) < 4.78 is 28.4. The van der Waals surface area contributed by atoms with Crippen molar-refractivity contribution in [3.63, 3.8) is 0 Å². The molecule has 1 amide bonds. The van der Waals surface area contributed by atoms with Crippen molar-refractivity contribution in [2.24, 2.45) is 0 Å². The number of hydrogen-bond acceptors (Lipinski definition) is 4. The Morgan fingerprint density at radius 3 is 2.82 bits per heavy atom. The first-order valence-corrected chi connectivity index (χ1v) is 11.0. The van der Waals surface area contributed by atoms with Crippen LogP contribution in [0.25, 0.3) is 5.52 Å². The van der Waals surface area contributed by atoms with Crippen LogP contribution >= 0.6 is 23.2 Å². The van der Waals surface area contributed by atoms with Gasteiger partial charge in [-0.05, 0) is 37.0 Å². The van der Waals surface area contributed by atoms with Crippen LogP contribution in [0.5, 0.6) is 0 Å². The fraction of sp³-hybridized carbons (Fsp3) is 0.348. The maximum absolute atomic E-state index is 13.5. The number of carbonyl (C=O) groups excluding carboxylic acids is 1. The number of carbonyl (C=O) groups is 1. The van der Waals surface area contributed by atoms with Crippen molar-refractivity contribution in [1.82, 2.24) is 14.5 Å². The minimum atomic E-state index is -2.95. The Balaban J connectivity index is 1.69. The Hall–Kier alpha value is -2.73. The van der Waals surface area contributed by atoms with E-state index in [9.17, 15) is 23.9 Å². The van der Waals surface area contributed by atoms with Gasteiger partial charge in [-0.25, -0.2) is 13.3 Å². The van der Waals surface area contributed by atoms with Crippen LogP contribution in [0.4, 0.5) is 8.78 Å². The number of alkyl halides is 2. The highest BCUT2D eigenvalue weighted by molar-refractivity contribution is 6.36. The first-order chi connectivity index (χ1) is 15.6. The lowest BCUT2D eigenvalue weighted by Gasteiger charge is -2.38. The molecule has 1 aromatic carbocycles. The van der Waals surface area contributed by atoms with E-state index in [1.54, 1.807) is 17.0 Å². The van der Waals surface area contributed by atoms with Crippen LogP contribution in [-0.4, -0.2) is 38.5 Å². The number of halogens is 4. The summed E-state index contributed by atoms with van der Waals surface area (Å²) in [4.78, 5) is 15.0. The number of rotatable bonds is 4. The van der Waals surface area contributed by atoms with Crippen LogP contribution in [0.2, 0.25) is 10.0 Å². The molecular formula is C23H20Cl2F2N4O2. The molecular weight excluding hydrogens is 473 g/mol. The number of hydrogen-bond donors (Lipinski definition) is 1. The van der Waals surface area contributed by atoms with Gasteiger partial charge >= 0.3 is 0 Å². The summed E-state index contributed by atoms with van der Waals surface area (Å²) in [5, 5.41) is 24.3. The molecule has 172 valence electrons. The molecule has 2 aromatic heterocycles. The summed E-state index contributed by atoms with van der Waals surface area (Å²) in [6.45, 7) is 3.19. The second kappa shape index (κ2) is 8.56. The van der Waals surface area contributed by atoms with Gasteiger partial charge in [-0.3, -0.25) is 4.79 Å². The summed E-state index contributed by atoms with van der Waals surface area (Å²) in [6.07, 6.45) is 0.124. The minimum absolute atomic E-state index is 0.114. The molecule has 3 heterocycles. The molecule has 1 N–H and O–H groups in total. The summed E-state index contributed by atoms with van der Waals surface area (Å²) >= 11 is 12.7. The number of nitriles is 1. The maximum Gasteiger partial charge on any atom is 0.270 e. The smallest absolute Gasteiger partial charge is 0.270 e. The van der Waals surface area contributed by atoms with Crippen LogP contribution in [0.3, 0.4) is 0 Å². The van der Waals surface area contributed by atoms with Gasteiger partial charge in [-0.15, -0.1) is 0 Å². The predicted molar refractivity (Wildman–Crippen MR) is 119 cm³/mol. The highest BCUT2D eigenvalue weighted by Crippen LogP contribution is 2.38. The van der Waals surface area contributed by atoms with E-state index >= 15 is 0 Å². The van der Waals surface area contributed by atoms with Gasteiger partial charge in [-0.1, -0.05) is 41.4 Å². The summed E-state index contributed by atoms with van der Waals surface area (Å²) in [5.41, 5.74) is 0.244. The maximum atomic E-state index is 13.5. The average Bonchev–Trinajstić information content (AvgIpc) is 3.15. The molecule has 10 heteroatoms. The van der Waals surface area contributed by atoms with Gasteiger partial charge in [0.2, 0.25) is 5.91 Å². The Bertz CT molecular complexity index is 1300.